The van der Waals surface area contributed by atoms with Crippen molar-refractivity contribution >= 4 is 34.2 Å². The van der Waals surface area contributed by atoms with Crippen molar-refractivity contribution in [1.29, 1.82) is 0 Å². The molecule has 0 spiro atoms. The number of thiazole rings is 1. The number of fused-ring (bicyclic) bond motifs is 2. The molecule has 262 valence electrons. The number of esters is 1. The summed E-state index contributed by atoms with van der Waals surface area (Å²) in [6.07, 6.45) is 4.07. The van der Waals surface area contributed by atoms with Crippen LogP contribution in [-0.2, 0) is 22.6 Å². The zero-order chi connectivity index (χ0) is 36.1. The van der Waals surface area contributed by atoms with E-state index in [-0.39, 0.29) is 18.3 Å². The summed E-state index contributed by atoms with van der Waals surface area (Å²) in [7, 11) is 0. The lowest BCUT2D eigenvalue weighted by atomic mass is 9.95. The Morgan fingerprint density at radius 1 is 0.961 bits per heavy atom. The summed E-state index contributed by atoms with van der Waals surface area (Å²) in [5, 5.41) is 2.28. The highest BCUT2D eigenvalue weighted by Crippen LogP contribution is 2.37. The molecule has 1 aliphatic heterocycles. The van der Waals surface area contributed by atoms with E-state index in [9.17, 15) is 9.59 Å². The Hall–Kier alpha value is -5.41. The number of carbonyl (C=O) groups excluding carboxylic acids is 1. The topological polar surface area (TPSA) is 88.4 Å². The van der Waals surface area contributed by atoms with Crippen molar-refractivity contribution < 1.29 is 23.7 Å². The van der Waals surface area contributed by atoms with E-state index in [0.29, 0.717) is 63.1 Å². The lowest BCUT2D eigenvalue weighted by Crippen LogP contribution is -2.40. The van der Waals surface area contributed by atoms with Gasteiger partial charge in [-0.1, -0.05) is 78.1 Å². The highest BCUT2D eigenvalue weighted by molar-refractivity contribution is 7.07. The number of benzene rings is 4. The monoisotopic (exact) mass is 702 g/mol. The number of nitrogens with zero attached hydrogens (tertiary/aromatic N) is 2. The molecule has 9 heteroatoms. The third kappa shape index (κ3) is 7.39. The zero-order valence-electron chi connectivity index (χ0n) is 29.6. The first-order chi connectivity index (χ1) is 24.7. The second-order valence-electron chi connectivity index (χ2n) is 12.4. The van der Waals surface area contributed by atoms with Crippen molar-refractivity contribution in [1.82, 2.24) is 4.57 Å². The molecular weight excluding hydrogens is 661 g/mol. The van der Waals surface area contributed by atoms with Gasteiger partial charge in [-0.05, 0) is 87.2 Å². The van der Waals surface area contributed by atoms with Crippen LogP contribution in [0.15, 0.2) is 113 Å². The number of carbonyl (C=O) groups is 1. The number of aromatic nitrogens is 1. The first-order valence-corrected chi connectivity index (χ1v) is 18.0. The quantitative estimate of drug-likeness (QED) is 0.0937. The SMILES string of the molecule is C=CCc1cc(/C=c2/sc3n(c2=O)[C@H](c2ccccc2OC(C)C)C(C(=O)OCC)=C(C)N=3)cc(OCC)c1OCc1cccc2ccccc12. The molecule has 5 aromatic rings. The van der Waals surface area contributed by atoms with Crippen molar-refractivity contribution in [2.45, 2.75) is 59.8 Å². The smallest absolute Gasteiger partial charge is 0.338 e. The van der Waals surface area contributed by atoms with Crippen molar-refractivity contribution in [3.8, 4) is 17.2 Å². The van der Waals surface area contributed by atoms with Gasteiger partial charge in [-0.25, -0.2) is 9.79 Å². The van der Waals surface area contributed by atoms with Gasteiger partial charge in [0.05, 0.1) is 35.1 Å². The van der Waals surface area contributed by atoms with Crippen LogP contribution < -0.4 is 29.1 Å². The maximum atomic E-state index is 14.4. The van der Waals surface area contributed by atoms with Crippen LogP contribution in [0.25, 0.3) is 16.8 Å². The molecule has 1 atom stereocenters. The van der Waals surface area contributed by atoms with Crippen LogP contribution in [0.5, 0.6) is 17.2 Å². The van der Waals surface area contributed by atoms with Gasteiger partial charge in [-0.3, -0.25) is 9.36 Å². The molecule has 2 heterocycles. The first-order valence-electron chi connectivity index (χ1n) is 17.2. The number of hydrogen-bond acceptors (Lipinski definition) is 8. The van der Waals surface area contributed by atoms with E-state index in [0.717, 1.165) is 27.5 Å². The highest BCUT2D eigenvalue weighted by atomic mass is 32.1. The molecule has 4 aromatic carbocycles. The normalized spacial score (nSPS) is 14.3. The van der Waals surface area contributed by atoms with Gasteiger partial charge < -0.3 is 18.9 Å². The molecule has 0 aliphatic carbocycles. The van der Waals surface area contributed by atoms with Crippen LogP contribution in [0.1, 0.15) is 62.9 Å². The van der Waals surface area contributed by atoms with Crippen LogP contribution in [-0.4, -0.2) is 29.9 Å². The molecule has 0 unspecified atom stereocenters. The molecule has 0 N–H and O–H groups in total. The Morgan fingerprint density at radius 3 is 2.49 bits per heavy atom. The number of para-hydroxylation sites is 1. The average molecular weight is 703 g/mol. The average Bonchev–Trinajstić information content (AvgIpc) is 3.41. The minimum Gasteiger partial charge on any atom is -0.491 e. The maximum Gasteiger partial charge on any atom is 0.338 e. The van der Waals surface area contributed by atoms with Crippen LogP contribution in [0, 0.1) is 0 Å². The molecular formula is C42H42N2O6S. The lowest BCUT2D eigenvalue weighted by molar-refractivity contribution is -0.139. The van der Waals surface area contributed by atoms with Crippen molar-refractivity contribution in [3.63, 3.8) is 0 Å². The van der Waals surface area contributed by atoms with Crippen molar-refractivity contribution in [2.24, 2.45) is 4.99 Å². The van der Waals surface area contributed by atoms with Crippen LogP contribution in [0.3, 0.4) is 0 Å². The Balaban J connectivity index is 1.46. The fourth-order valence-electron chi connectivity index (χ4n) is 6.37. The number of hydrogen-bond donors (Lipinski definition) is 0. The predicted octanol–water partition coefficient (Wildman–Crippen LogP) is 7.44. The van der Waals surface area contributed by atoms with E-state index in [1.54, 1.807) is 18.4 Å². The minimum absolute atomic E-state index is 0.124. The van der Waals surface area contributed by atoms with Gasteiger partial charge in [0.2, 0.25) is 0 Å². The van der Waals surface area contributed by atoms with Gasteiger partial charge in [0.25, 0.3) is 5.56 Å². The molecule has 1 aliphatic rings. The predicted molar refractivity (Wildman–Crippen MR) is 202 cm³/mol. The summed E-state index contributed by atoms with van der Waals surface area (Å²) >= 11 is 1.27. The molecule has 0 radical (unpaired) electrons. The van der Waals surface area contributed by atoms with Crippen molar-refractivity contribution in [3.05, 3.63) is 145 Å². The summed E-state index contributed by atoms with van der Waals surface area (Å²) in [6, 6.07) is 25.0. The zero-order valence-corrected chi connectivity index (χ0v) is 30.4. The number of allylic oxidation sites excluding steroid dienone is 2. The van der Waals surface area contributed by atoms with E-state index in [4.69, 9.17) is 23.9 Å². The van der Waals surface area contributed by atoms with Gasteiger partial charge in [0.1, 0.15) is 18.4 Å². The summed E-state index contributed by atoms with van der Waals surface area (Å²) in [5.74, 6) is 1.28. The van der Waals surface area contributed by atoms with Crippen LogP contribution in [0.2, 0.25) is 0 Å². The van der Waals surface area contributed by atoms with Gasteiger partial charge in [-0.2, -0.15) is 0 Å². The molecule has 0 bridgehead atoms. The molecule has 1 aromatic heterocycles. The largest absolute Gasteiger partial charge is 0.491 e. The Labute approximate surface area is 301 Å². The van der Waals surface area contributed by atoms with E-state index in [1.165, 1.54) is 11.3 Å². The van der Waals surface area contributed by atoms with Gasteiger partial charge in [0.15, 0.2) is 16.3 Å². The molecule has 0 fully saturated rings. The maximum absolute atomic E-state index is 14.4. The lowest BCUT2D eigenvalue weighted by Gasteiger charge is -2.26. The molecule has 0 amide bonds. The van der Waals surface area contributed by atoms with Crippen molar-refractivity contribution in [2.75, 3.05) is 13.2 Å². The first kappa shape index (κ1) is 35.4. The third-order valence-electron chi connectivity index (χ3n) is 8.46. The van der Waals surface area contributed by atoms with E-state index < -0.39 is 12.0 Å². The molecule has 6 rings (SSSR count). The Bertz CT molecular complexity index is 2310. The summed E-state index contributed by atoms with van der Waals surface area (Å²) in [4.78, 5) is 33.1. The van der Waals surface area contributed by atoms with Gasteiger partial charge in [0, 0.05) is 11.1 Å². The fourth-order valence-corrected chi connectivity index (χ4v) is 7.42. The molecule has 0 saturated heterocycles. The molecule has 8 nitrogen and oxygen atoms in total. The highest BCUT2D eigenvalue weighted by Gasteiger charge is 2.35. The standard InChI is InChI=1S/C42H42N2O6S/c1-7-15-30-22-28(23-35(47-8-2)39(30)49-25-31-18-14-17-29-16-10-11-19-32(29)31)24-36-40(45)44-38(33-20-12-13-21-34(33)50-26(4)5)37(41(46)48-9-3)27(6)43-42(44)51-36/h7,10-14,16-24,26,38H,1,8-9,15,25H2,2-6H3/b36-24+/t38-/m1/s1. The second-order valence-corrected chi connectivity index (χ2v) is 13.4. The fraction of sp³-hybridized carbons (Fsp3) is 0.262. The van der Waals surface area contributed by atoms with E-state index in [2.05, 4.69) is 30.8 Å². The van der Waals surface area contributed by atoms with Gasteiger partial charge in [-0.15, -0.1) is 6.58 Å². The van der Waals surface area contributed by atoms with E-state index in [1.807, 2.05) is 87.5 Å². The summed E-state index contributed by atoms with van der Waals surface area (Å²) in [5.41, 5.74) is 3.90. The Morgan fingerprint density at radius 2 is 1.73 bits per heavy atom. The summed E-state index contributed by atoms with van der Waals surface area (Å²) in [6.45, 7) is 14.3. The third-order valence-corrected chi connectivity index (χ3v) is 9.44. The summed E-state index contributed by atoms with van der Waals surface area (Å²) < 4.78 is 26.3. The number of ether oxygens (including phenoxy) is 4. The minimum atomic E-state index is -0.794. The van der Waals surface area contributed by atoms with E-state index >= 15 is 0 Å². The Kier molecular flexibility index (Phi) is 10.9. The van der Waals surface area contributed by atoms with Crippen LogP contribution in [0.4, 0.5) is 0 Å². The van der Waals surface area contributed by atoms with Gasteiger partial charge >= 0.3 is 5.97 Å². The van der Waals surface area contributed by atoms with Crippen LogP contribution >= 0.6 is 11.3 Å². The molecule has 51 heavy (non-hydrogen) atoms. The second kappa shape index (κ2) is 15.6. The molecule has 0 saturated carbocycles. The number of rotatable bonds is 13.